The fourth-order valence-corrected chi connectivity index (χ4v) is 1.73. The monoisotopic (exact) mass is 211 g/mol. The van der Waals surface area contributed by atoms with Crippen molar-refractivity contribution in [1.82, 2.24) is 4.98 Å². The standard InChI is InChI=1S/C15H17N/c1-12(2)14-8-6-13(7-9-14)11-15-5-3-4-10-16-15/h3-10,12H,11H2,1-2H3. The Bertz CT molecular complexity index is 429. The highest BCUT2D eigenvalue weighted by Crippen LogP contribution is 2.15. The molecule has 0 spiro atoms. The fourth-order valence-electron chi connectivity index (χ4n) is 1.73. The molecule has 0 aliphatic rings. The molecule has 1 nitrogen and oxygen atoms in total. The Morgan fingerprint density at radius 3 is 2.31 bits per heavy atom. The predicted octanol–water partition coefficient (Wildman–Crippen LogP) is 3.80. The molecule has 1 aromatic carbocycles. The molecule has 1 heteroatoms. The van der Waals surface area contributed by atoms with E-state index in [0.717, 1.165) is 12.1 Å². The normalized spacial score (nSPS) is 10.7. The van der Waals surface area contributed by atoms with Gasteiger partial charge in [-0.1, -0.05) is 44.2 Å². The highest BCUT2D eigenvalue weighted by atomic mass is 14.7. The Morgan fingerprint density at radius 1 is 1.00 bits per heavy atom. The van der Waals surface area contributed by atoms with Crippen LogP contribution in [0.25, 0.3) is 0 Å². The van der Waals surface area contributed by atoms with Crippen LogP contribution in [-0.2, 0) is 6.42 Å². The zero-order chi connectivity index (χ0) is 11.4. The van der Waals surface area contributed by atoms with Gasteiger partial charge in [0, 0.05) is 18.3 Å². The third-order valence-corrected chi connectivity index (χ3v) is 2.76. The fraction of sp³-hybridized carbons (Fsp3) is 0.267. The number of hydrogen-bond donors (Lipinski definition) is 0. The van der Waals surface area contributed by atoms with E-state index >= 15 is 0 Å². The lowest BCUT2D eigenvalue weighted by atomic mass is 10.0. The summed E-state index contributed by atoms with van der Waals surface area (Å²) < 4.78 is 0. The average molecular weight is 211 g/mol. The highest BCUT2D eigenvalue weighted by molar-refractivity contribution is 5.27. The van der Waals surface area contributed by atoms with Gasteiger partial charge >= 0.3 is 0 Å². The molecule has 1 heterocycles. The largest absolute Gasteiger partial charge is 0.261 e. The Labute approximate surface area is 97.2 Å². The lowest BCUT2D eigenvalue weighted by Crippen LogP contribution is -1.92. The van der Waals surface area contributed by atoms with Crippen LogP contribution in [-0.4, -0.2) is 4.98 Å². The lowest BCUT2D eigenvalue weighted by Gasteiger charge is -2.06. The second kappa shape index (κ2) is 4.93. The summed E-state index contributed by atoms with van der Waals surface area (Å²) in [5.74, 6) is 0.601. The molecule has 0 saturated carbocycles. The number of nitrogens with zero attached hydrogens (tertiary/aromatic N) is 1. The van der Waals surface area contributed by atoms with E-state index in [1.54, 1.807) is 0 Å². The van der Waals surface area contributed by atoms with Crippen molar-refractivity contribution in [3.05, 3.63) is 65.5 Å². The summed E-state index contributed by atoms with van der Waals surface area (Å²) in [5, 5.41) is 0. The summed E-state index contributed by atoms with van der Waals surface area (Å²) >= 11 is 0. The van der Waals surface area contributed by atoms with Crippen molar-refractivity contribution in [3.63, 3.8) is 0 Å². The second-order valence-corrected chi connectivity index (χ2v) is 4.39. The molecule has 0 amide bonds. The Balaban J connectivity index is 2.11. The van der Waals surface area contributed by atoms with Crippen LogP contribution in [0.15, 0.2) is 48.7 Å². The minimum absolute atomic E-state index is 0.601. The molecular weight excluding hydrogens is 194 g/mol. The Kier molecular flexibility index (Phi) is 3.35. The van der Waals surface area contributed by atoms with Gasteiger partial charge in [0.25, 0.3) is 0 Å². The van der Waals surface area contributed by atoms with Gasteiger partial charge in [0.05, 0.1) is 0 Å². The molecule has 1 aromatic heterocycles. The molecule has 82 valence electrons. The van der Waals surface area contributed by atoms with Crippen LogP contribution in [0.2, 0.25) is 0 Å². The summed E-state index contributed by atoms with van der Waals surface area (Å²) in [4.78, 5) is 4.33. The molecule has 0 bridgehead atoms. The van der Waals surface area contributed by atoms with Crippen molar-refractivity contribution in [3.8, 4) is 0 Å². The molecule has 2 rings (SSSR count). The third kappa shape index (κ3) is 2.69. The molecule has 0 aliphatic heterocycles. The zero-order valence-electron chi connectivity index (χ0n) is 9.85. The van der Waals surface area contributed by atoms with Crippen LogP contribution in [0.4, 0.5) is 0 Å². The summed E-state index contributed by atoms with van der Waals surface area (Å²) in [7, 11) is 0. The molecule has 2 aromatic rings. The van der Waals surface area contributed by atoms with Gasteiger partial charge in [-0.3, -0.25) is 4.98 Å². The van der Waals surface area contributed by atoms with E-state index in [1.165, 1.54) is 11.1 Å². The van der Waals surface area contributed by atoms with Crippen molar-refractivity contribution in [2.75, 3.05) is 0 Å². The average Bonchev–Trinajstić information content (AvgIpc) is 2.31. The Morgan fingerprint density at radius 2 is 1.75 bits per heavy atom. The van der Waals surface area contributed by atoms with Crippen molar-refractivity contribution >= 4 is 0 Å². The third-order valence-electron chi connectivity index (χ3n) is 2.76. The number of aromatic nitrogens is 1. The van der Waals surface area contributed by atoms with Crippen molar-refractivity contribution in [2.45, 2.75) is 26.2 Å². The molecule has 0 atom stereocenters. The number of hydrogen-bond acceptors (Lipinski definition) is 1. The summed E-state index contributed by atoms with van der Waals surface area (Å²) in [6, 6.07) is 14.9. The van der Waals surface area contributed by atoms with Crippen molar-refractivity contribution in [1.29, 1.82) is 0 Å². The van der Waals surface area contributed by atoms with Gasteiger partial charge < -0.3 is 0 Å². The summed E-state index contributed by atoms with van der Waals surface area (Å²) in [5.41, 5.74) is 3.84. The first kappa shape index (κ1) is 10.9. The van der Waals surface area contributed by atoms with Crippen LogP contribution in [0.5, 0.6) is 0 Å². The first-order chi connectivity index (χ1) is 7.75. The molecule has 0 aliphatic carbocycles. The maximum absolute atomic E-state index is 4.33. The quantitative estimate of drug-likeness (QED) is 0.752. The SMILES string of the molecule is CC(C)c1ccc(Cc2ccccn2)cc1. The predicted molar refractivity (Wildman–Crippen MR) is 67.6 cm³/mol. The molecular formula is C15H17N. The zero-order valence-corrected chi connectivity index (χ0v) is 9.85. The van der Waals surface area contributed by atoms with Crippen LogP contribution in [0, 0.1) is 0 Å². The van der Waals surface area contributed by atoms with E-state index in [0.29, 0.717) is 5.92 Å². The molecule has 0 N–H and O–H groups in total. The van der Waals surface area contributed by atoms with Crippen LogP contribution in [0.1, 0.15) is 36.6 Å². The molecule has 0 radical (unpaired) electrons. The van der Waals surface area contributed by atoms with Crippen LogP contribution in [0.3, 0.4) is 0 Å². The van der Waals surface area contributed by atoms with E-state index in [4.69, 9.17) is 0 Å². The maximum Gasteiger partial charge on any atom is 0.0447 e. The van der Waals surface area contributed by atoms with Gasteiger partial charge in [-0.15, -0.1) is 0 Å². The van der Waals surface area contributed by atoms with Crippen LogP contribution < -0.4 is 0 Å². The smallest absolute Gasteiger partial charge is 0.0447 e. The number of benzene rings is 1. The van der Waals surface area contributed by atoms with E-state index in [2.05, 4.69) is 49.2 Å². The van der Waals surface area contributed by atoms with Gasteiger partial charge in [0.1, 0.15) is 0 Å². The molecule has 0 saturated heterocycles. The van der Waals surface area contributed by atoms with E-state index in [1.807, 2.05) is 18.3 Å². The van der Waals surface area contributed by atoms with Crippen LogP contribution >= 0.6 is 0 Å². The maximum atomic E-state index is 4.33. The minimum Gasteiger partial charge on any atom is -0.261 e. The number of rotatable bonds is 3. The second-order valence-electron chi connectivity index (χ2n) is 4.39. The molecule has 0 unspecified atom stereocenters. The van der Waals surface area contributed by atoms with Gasteiger partial charge in [-0.2, -0.15) is 0 Å². The summed E-state index contributed by atoms with van der Waals surface area (Å²) in [6.07, 6.45) is 2.76. The van der Waals surface area contributed by atoms with E-state index in [9.17, 15) is 0 Å². The van der Waals surface area contributed by atoms with Gasteiger partial charge in [-0.05, 0) is 29.2 Å². The van der Waals surface area contributed by atoms with Crippen molar-refractivity contribution in [2.24, 2.45) is 0 Å². The van der Waals surface area contributed by atoms with Crippen molar-refractivity contribution < 1.29 is 0 Å². The molecule has 16 heavy (non-hydrogen) atoms. The summed E-state index contributed by atoms with van der Waals surface area (Å²) in [6.45, 7) is 4.43. The van der Waals surface area contributed by atoms with E-state index < -0.39 is 0 Å². The van der Waals surface area contributed by atoms with Gasteiger partial charge in [0.2, 0.25) is 0 Å². The topological polar surface area (TPSA) is 12.9 Å². The van der Waals surface area contributed by atoms with E-state index in [-0.39, 0.29) is 0 Å². The molecule has 0 fully saturated rings. The number of pyridine rings is 1. The van der Waals surface area contributed by atoms with Gasteiger partial charge in [0.15, 0.2) is 0 Å². The lowest BCUT2D eigenvalue weighted by molar-refractivity contribution is 0.865. The highest BCUT2D eigenvalue weighted by Gasteiger charge is 2.00. The van der Waals surface area contributed by atoms with Gasteiger partial charge in [-0.25, -0.2) is 0 Å². The minimum atomic E-state index is 0.601. The first-order valence-electron chi connectivity index (χ1n) is 5.74. The Hall–Kier alpha value is -1.63. The first-order valence-corrected chi connectivity index (χ1v) is 5.74.